The lowest BCUT2D eigenvalue weighted by Crippen LogP contribution is -2.18. The number of aromatic nitrogens is 1. The number of halogens is 3. The fourth-order valence-corrected chi connectivity index (χ4v) is 4.20. The van der Waals surface area contributed by atoms with Crippen LogP contribution in [-0.2, 0) is 5.92 Å². The number of hydrogen-bond acceptors (Lipinski definition) is 3. The SMILES string of the molecule is C=C(Cl)/C(=C\C(N)=C/C)C(C)C1CCCCC1.CC.CC.CC(=O)c1nccc(C(C)(F)F)c1C. The Morgan fingerprint density at radius 2 is 1.74 bits per heavy atom. The summed E-state index contributed by atoms with van der Waals surface area (Å²) in [5.74, 6) is -2.04. The van der Waals surface area contributed by atoms with Crippen molar-refractivity contribution in [2.75, 3.05) is 0 Å². The quantitative estimate of drug-likeness (QED) is 0.305. The molecule has 1 heterocycles. The summed E-state index contributed by atoms with van der Waals surface area (Å²) in [6.07, 6.45) is 11.8. The van der Waals surface area contributed by atoms with E-state index < -0.39 is 5.92 Å². The van der Waals surface area contributed by atoms with Crippen molar-refractivity contribution in [3.8, 4) is 0 Å². The Bertz CT molecular complexity index is 836. The van der Waals surface area contributed by atoms with Crippen molar-refractivity contribution in [1.82, 2.24) is 4.98 Å². The van der Waals surface area contributed by atoms with E-state index in [1.165, 1.54) is 58.2 Å². The fourth-order valence-electron chi connectivity index (χ4n) is 3.97. The number of hydrogen-bond donors (Lipinski definition) is 1. The zero-order valence-electron chi connectivity index (χ0n) is 23.3. The Balaban J connectivity index is 0. The first-order valence-electron chi connectivity index (χ1n) is 12.7. The summed E-state index contributed by atoms with van der Waals surface area (Å²) in [7, 11) is 0. The largest absolute Gasteiger partial charge is 0.399 e. The maximum atomic E-state index is 13.0. The first-order chi connectivity index (χ1) is 16.4. The van der Waals surface area contributed by atoms with Gasteiger partial charge in [0.1, 0.15) is 5.69 Å². The van der Waals surface area contributed by atoms with Crippen molar-refractivity contribution in [3.05, 3.63) is 64.1 Å². The molecule has 0 amide bonds. The van der Waals surface area contributed by atoms with Gasteiger partial charge in [-0.1, -0.05) is 78.1 Å². The summed E-state index contributed by atoms with van der Waals surface area (Å²) in [6.45, 7) is 19.7. The third-order valence-electron chi connectivity index (χ3n) is 5.83. The summed E-state index contributed by atoms with van der Waals surface area (Å²) < 4.78 is 26.0. The molecule has 0 saturated heterocycles. The minimum absolute atomic E-state index is 0.115. The number of carbonyl (C=O) groups excluding carboxylic acids is 1. The van der Waals surface area contributed by atoms with Gasteiger partial charge in [-0.15, -0.1) is 0 Å². The van der Waals surface area contributed by atoms with Crippen LogP contribution < -0.4 is 5.73 Å². The second-order valence-corrected chi connectivity index (χ2v) is 8.71. The molecular formula is C29H47ClF2N2O. The Morgan fingerprint density at radius 1 is 1.23 bits per heavy atom. The van der Waals surface area contributed by atoms with Gasteiger partial charge in [0.2, 0.25) is 0 Å². The minimum Gasteiger partial charge on any atom is -0.399 e. The molecule has 3 nitrogen and oxygen atoms in total. The number of alkyl halides is 2. The number of allylic oxidation sites excluding steroid dienone is 4. The molecule has 1 aliphatic carbocycles. The Morgan fingerprint density at radius 3 is 2.14 bits per heavy atom. The molecule has 6 heteroatoms. The predicted octanol–water partition coefficient (Wildman–Crippen LogP) is 9.50. The topological polar surface area (TPSA) is 56.0 Å². The lowest BCUT2D eigenvalue weighted by atomic mass is 9.77. The van der Waals surface area contributed by atoms with Crippen molar-refractivity contribution in [2.24, 2.45) is 17.6 Å². The van der Waals surface area contributed by atoms with Crippen LogP contribution in [0.5, 0.6) is 0 Å². The molecule has 1 atom stereocenters. The standard InChI is InChI=1S/C15H24ClN.C10H11F2NO.2C2H6/c1-4-14(17)10-15(12(3)16)11(2)13-8-6-5-7-9-13;1-6-8(10(3,11)12)4-5-13-9(6)7(2)14;2*1-2/h4,10-11,13H,3,5-9,17H2,1-2H3;4-5H,1-3H3;2*1-2H3/b14-4+,15-10-;;;. The maximum absolute atomic E-state index is 13.0. The van der Waals surface area contributed by atoms with E-state index in [9.17, 15) is 13.6 Å². The monoisotopic (exact) mass is 512 g/mol. The highest BCUT2D eigenvalue weighted by Gasteiger charge is 2.28. The first-order valence-corrected chi connectivity index (χ1v) is 13.1. The average Bonchev–Trinajstić information content (AvgIpc) is 2.84. The molecule has 1 fully saturated rings. The molecular weight excluding hydrogens is 466 g/mol. The van der Waals surface area contributed by atoms with Gasteiger partial charge in [0.25, 0.3) is 5.92 Å². The molecule has 1 aromatic heterocycles. The van der Waals surface area contributed by atoms with Crippen LogP contribution >= 0.6 is 11.6 Å². The summed E-state index contributed by atoms with van der Waals surface area (Å²) >= 11 is 6.11. The number of nitrogens with zero attached hydrogens (tertiary/aromatic N) is 1. The summed E-state index contributed by atoms with van der Waals surface area (Å²) in [6, 6.07) is 1.24. The third-order valence-corrected chi connectivity index (χ3v) is 6.04. The van der Waals surface area contributed by atoms with Gasteiger partial charge in [0, 0.05) is 36.3 Å². The summed E-state index contributed by atoms with van der Waals surface area (Å²) in [5, 5.41) is 0.632. The highest BCUT2D eigenvalue weighted by molar-refractivity contribution is 6.31. The lowest BCUT2D eigenvalue weighted by molar-refractivity contribution is 0.0167. The highest BCUT2D eigenvalue weighted by Crippen LogP contribution is 2.36. The molecule has 200 valence electrons. The Kier molecular flexibility index (Phi) is 18.4. The predicted molar refractivity (Wildman–Crippen MR) is 148 cm³/mol. The maximum Gasteiger partial charge on any atom is 0.270 e. The average molecular weight is 513 g/mol. The van der Waals surface area contributed by atoms with Crippen LogP contribution in [-0.4, -0.2) is 10.8 Å². The van der Waals surface area contributed by atoms with Crippen molar-refractivity contribution < 1.29 is 13.6 Å². The van der Waals surface area contributed by atoms with E-state index in [1.807, 2.05) is 46.8 Å². The van der Waals surface area contributed by atoms with Crippen molar-refractivity contribution in [1.29, 1.82) is 0 Å². The van der Waals surface area contributed by atoms with Crippen LogP contribution in [0.25, 0.3) is 0 Å². The third kappa shape index (κ3) is 12.5. The van der Waals surface area contributed by atoms with Crippen LogP contribution in [0.3, 0.4) is 0 Å². The molecule has 1 aromatic rings. The molecule has 2 N–H and O–H groups in total. The van der Waals surface area contributed by atoms with Crippen LogP contribution in [0, 0.1) is 18.8 Å². The van der Waals surface area contributed by atoms with Gasteiger partial charge in [-0.2, -0.15) is 0 Å². The number of nitrogens with two attached hydrogens (primary N) is 1. The normalized spacial score (nSPS) is 15.3. The van der Waals surface area contributed by atoms with Crippen LogP contribution in [0.1, 0.15) is 109 Å². The number of pyridine rings is 1. The van der Waals surface area contributed by atoms with Crippen molar-refractivity contribution in [3.63, 3.8) is 0 Å². The molecule has 2 rings (SSSR count). The van der Waals surface area contributed by atoms with E-state index >= 15 is 0 Å². The van der Waals surface area contributed by atoms with Crippen LogP contribution in [0.4, 0.5) is 8.78 Å². The van der Waals surface area contributed by atoms with Gasteiger partial charge in [0.15, 0.2) is 5.78 Å². The molecule has 1 aliphatic rings. The van der Waals surface area contributed by atoms with E-state index in [-0.39, 0.29) is 22.6 Å². The number of Topliss-reactive ketones (excluding diaryl/α,β-unsaturated/α-hetero) is 1. The zero-order valence-corrected chi connectivity index (χ0v) is 24.0. The molecule has 0 bridgehead atoms. The van der Waals surface area contributed by atoms with E-state index in [4.69, 9.17) is 17.3 Å². The number of carbonyl (C=O) groups is 1. The van der Waals surface area contributed by atoms with E-state index in [0.29, 0.717) is 11.0 Å². The second-order valence-electron chi connectivity index (χ2n) is 8.26. The Hall–Kier alpha value is -2.01. The van der Waals surface area contributed by atoms with Gasteiger partial charge >= 0.3 is 0 Å². The van der Waals surface area contributed by atoms with Crippen LogP contribution in [0.2, 0.25) is 0 Å². The summed E-state index contributed by atoms with van der Waals surface area (Å²) in [4.78, 5) is 14.8. The lowest BCUT2D eigenvalue weighted by Gasteiger charge is -2.29. The molecule has 0 aromatic carbocycles. The smallest absolute Gasteiger partial charge is 0.270 e. The highest BCUT2D eigenvalue weighted by atomic mass is 35.5. The van der Waals surface area contributed by atoms with Gasteiger partial charge in [0.05, 0.1) is 0 Å². The molecule has 0 radical (unpaired) electrons. The van der Waals surface area contributed by atoms with Gasteiger partial charge in [-0.3, -0.25) is 9.78 Å². The van der Waals surface area contributed by atoms with Crippen molar-refractivity contribution >= 4 is 17.4 Å². The molecule has 1 unspecified atom stereocenters. The number of rotatable bonds is 6. The molecule has 1 saturated carbocycles. The summed E-state index contributed by atoms with van der Waals surface area (Å²) in [5.41, 5.74) is 7.97. The van der Waals surface area contributed by atoms with Gasteiger partial charge in [-0.25, -0.2) is 8.78 Å². The Labute approximate surface area is 217 Å². The van der Waals surface area contributed by atoms with Gasteiger partial charge < -0.3 is 5.73 Å². The second kappa shape index (κ2) is 18.3. The minimum atomic E-state index is -2.93. The molecule has 0 aliphatic heterocycles. The molecule has 0 spiro atoms. The first kappa shape index (κ1) is 35.2. The van der Waals surface area contributed by atoms with E-state index in [2.05, 4.69) is 18.5 Å². The van der Waals surface area contributed by atoms with Gasteiger partial charge in [-0.05, 0) is 61.8 Å². The van der Waals surface area contributed by atoms with E-state index in [1.54, 1.807) is 0 Å². The fraction of sp³-hybridized carbons (Fsp3) is 0.586. The molecule has 35 heavy (non-hydrogen) atoms. The number of ketones is 1. The van der Waals surface area contributed by atoms with E-state index in [0.717, 1.165) is 24.1 Å². The zero-order chi connectivity index (χ0) is 27.8. The van der Waals surface area contributed by atoms with Crippen LogP contribution in [0.15, 0.2) is 47.3 Å². The van der Waals surface area contributed by atoms with Crippen molar-refractivity contribution in [2.45, 2.75) is 100 Å².